The Morgan fingerprint density at radius 1 is 1.25 bits per heavy atom. The number of rotatable bonds is 2. The van der Waals surface area contributed by atoms with Gasteiger partial charge in [-0.25, -0.2) is 9.78 Å². The Morgan fingerprint density at radius 3 is 2.75 bits per heavy atom. The summed E-state index contributed by atoms with van der Waals surface area (Å²) < 4.78 is 13.8. The molecule has 2 heterocycles. The third-order valence-electron chi connectivity index (χ3n) is 4.33. The predicted molar refractivity (Wildman–Crippen MR) is 95.9 cm³/mol. The van der Waals surface area contributed by atoms with Gasteiger partial charge in [0.25, 0.3) is 0 Å². The van der Waals surface area contributed by atoms with Crippen molar-refractivity contribution >= 4 is 22.8 Å². The molecule has 1 fully saturated rings. The van der Waals surface area contributed by atoms with Crippen LogP contribution in [0, 0.1) is 0 Å². The quantitative estimate of drug-likeness (QED) is 0.909. The van der Waals surface area contributed by atoms with E-state index in [0.717, 1.165) is 12.1 Å². The number of hydrogen-bond acceptors (Lipinski definition) is 3. The van der Waals surface area contributed by atoms with E-state index in [2.05, 4.69) is 10.3 Å². The summed E-state index contributed by atoms with van der Waals surface area (Å²) in [6.07, 6.45) is 4.19. The minimum atomic E-state index is -0.920. The molecule has 1 aliphatic heterocycles. The molecule has 24 heavy (non-hydrogen) atoms. The number of nitrogens with one attached hydrogen (secondary N) is 1. The molecule has 2 amide bonds. The highest BCUT2D eigenvalue weighted by atomic mass is 32.2. The Hall–Kier alpha value is -2.15. The van der Waals surface area contributed by atoms with Gasteiger partial charge in [0.05, 0.1) is 0 Å². The van der Waals surface area contributed by atoms with Crippen LogP contribution in [0.4, 0.5) is 10.7 Å². The molecular weight excluding hydrogens is 324 g/mol. The van der Waals surface area contributed by atoms with E-state index in [1.165, 1.54) is 0 Å². The Labute approximate surface area is 144 Å². The fourth-order valence-electron chi connectivity index (χ4n) is 2.67. The summed E-state index contributed by atoms with van der Waals surface area (Å²) in [5, 5.41) is 2.87. The second-order valence-electron chi connectivity index (χ2n) is 6.43. The molecule has 0 spiro atoms. The Balaban J connectivity index is 1.72. The molecule has 0 saturated carbocycles. The number of imidazole rings is 1. The first-order chi connectivity index (χ1) is 11.5. The standard InChI is InChI=1S/C17H22N4O2S/c1-17(2)8-10-20(12-13-24(17)23)16(22)19-15-18-9-11-21(15)14-6-4-3-5-7-14/h3-7,9,11H,8,10,12-13H2,1-2H3,(H,18,19,22). The van der Waals surface area contributed by atoms with Crippen LogP contribution in [-0.4, -0.2) is 48.3 Å². The van der Waals surface area contributed by atoms with Gasteiger partial charge in [-0.3, -0.25) is 14.1 Å². The van der Waals surface area contributed by atoms with E-state index in [0.29, 0.717) is 24.8 Å². The maximum absolute atomic E-state index is 12.6. The van der Waals surface area contributed by atoms with E-state index in [4.69, 9.17) is 0 Å². The molecule has 7 heteroatoms. The van der Waals surface area contributed by atoms with E-state index in [9.17, 15) is 9.00 Å². The molecule has 0 bridgehead atoms. The van der Waals surface area contributed by atoms with Gasteiger partial charge in [0.2, 0.25) is 5.95 Å². The normalized spacial score (nSPS) is 20.4. The molecule has 3 rings (SSSR count). The number of carbonyl (C=O) groups is 1. The molecule has 1 aromatic carbocycles. The lowest BCUT2D eigenvalue weighted by atomic mass is 10.1. The third kappa shape index (κ3) is 3.51. The maximum Gasteiger partial charge on any atom is 0.324 e. The fraction of sp³-hybridized carbons (Fsp3) is 0.412. The summed E-state index contributed by atoms with van der Waals surface area (Å²) in [5.41, 5.74) is 0.934. The second kappa shape index (κ2) is 6.76. The molecule has 128 valence electrons. The van der Waals surface area contributed by atoms with Gasteiger partial charge in [0.1, 0.15) is 0 Å². The van der Waals surface area contributed by atoms with Crippen molar-refractivity contribution in [3.63, 3.8) is 0 Å². The Morgan fingerprint density at radius 2 is 2.00 bits per heavy atom. The number of para-hydroxylation sites is 1. The SMILES string of the molecule is CC1(C)CCN(C(=O)Nc2nccn2-c2ccccc2)CCS1=O. The molecule has 1 unspecified atom stereocenters. The van der Waals surface area contributed by atoms with Crippen molar-refractivity contribution in [1.29, 1.82) is 0 Å². The molecule has 0 radical (unpaired) electrons. The van der Waals surface area contributed by atoms with E-state index in [1.807, 2.05) is 54.9 Å². The monoisotopic (exact) mass is 346 g/mol. The third-order valence-corrected chi connectivity index (χ3v) is 6.32. The molecule has 1 saturated heterocycles. The smallest absolute Gasteiger partial charge is 0.323 e. The van der Waals surface area contributed by atoms with Crippen LogP contribution < -0.4 is 5.32 Å². The van der Waals surface area contributed by atoms with Crippen molar-refractivity contribution < 1.29 is 9.00 Å². The van der Waals surface area contributed by atoms with Crippen molar-refractivity contribution in [2.24, 2.45) is 0 Å². The van der Waals surface area contributed by atoms with Crippen LogP contribution in [0.5, 0.6) is 0 Å². The number of hydrogen-bond donors (Lipinski definition) is 1. The lowest BCUT2D eigenvalue weighted by molar-refractivity contribution is 0.214. The van der Waals surface area contributed by atoms with Crippen LogP contribution in [0.1, 0.15) is 20.3 Å². The average Bonchev–Trinajstić information content (AvgIpc) is 2.97. The van der Waals surface area contributed by atoms with Crippen LogP contribution in [0.15, 0.2) is 42.7 Å². The van der Waals surface area contributed by atoms with Crippen molar-refractivity contribution in [3.8, 4) is 5.69 Å². The van der Waals surface area contributed by atoms with Gasteiger partial charge in [-0.2, -0.15) is 0 Å². The van der Waals surface area contributed by atoms with Crippen LogP contribution in [0.3, 0.4) is 0 Å². The summed E-state index contributed by atoms with van der Waals surface area (Å²) in [7, 11) is -0.920. The minimum absolute atomic E-state index is 0.201. The molecule has 1 aromatic heterocycles. The molecular formula is C17H22N4O2S. The highest BCUT2D eigenvalue weighted by Crippen LogP contribution is 2.22. The van der Waals surface area contributed by atoms with E-state index >= 15 is 0 Å². The number of anilines is 1. The summed E-state index contributed by atoms with van der Waals surface area (Å²) in [6, 6.07) is 9.52. The van der Waals surface area contributed by atoms with E-state index < -0.39 is 10.8 Å². The van der Waals surface area contributed by atoms with Gasteiger partial charge in [-0.05, 0) is 32.4 Å². The van der Waals surface area contributed by atoms with E-state index in [1.54, 1.807) is 11.1 Å². The summed E-state index contributed by atoms with van der Waals surface area (Å²) in [4.78, 5) is 18.5. The predicted octanol–water partition coefficient (Wildman–Crippen LogP) is 2.64. The first-order valence-corrected chi connectivity index (χ1v) is 9.32. The highest BCUT2D eigenvalue weighted by molar-refractivity contribution is 7.86. The van der Waals surface area contributed by atoms with Crippen LogP contribution in [0.25, 0.3) is 5.69 Å². The fourth-order valence-corrected chi connectivity index (χ4v) is 3.93. The van der Waals surface area contributed by atoms with Crippen LogP contribution in [0.2, 0.25) is 0 Å². The van der Waals surface area contributed by atoms with Crippen molar-refractivity contribution in [1.82, 2.24) is 14.5 Å². The maximum atomic E-state index is 12.6. The van der Waals surface area contributed by atoms with Crippen LogP contribution >= 0.6 is 0 Å². The zero-order valence-corrected chi connectivity index (χ0v) is 14.8. The topological polar surface area (TPSA) is 67.2 Å². The first-order valence-electron chi connectivity index (χ1n) is 8.00. The van der Waals surface area contributed by atoms with Gasteiger partial charge in [0.15, 0.2) is 0 Å². The number of benzene rings is 1. The lowest BCUT2D eigenvalue weighted by Gasteiger charge is -2.22. The molecule has 1 N–H and O–H groups in total. The highest BCUT2D eigenvalue weighted by Gasteiger charge is 2.31. The number of nitrogens with zero attached hydrogens (tertiary/aromatic N) is 3. The summed E-state index contributed by atoms with van der Waals surface area (Å²) >= 11 is 0. The van der Waals surface area contributed by atoms with Gasteiger partial charge < -0.3 is 4.90 Å². The Bertz CT molecular complexity index is 742. The minimum Gasteiger partial charge on any atom is -0.323 e. The zero-order chi connectivity index (χ0) is 17.2. The van der Waals surface area contributed by atoms with Crippen molar-refractivity contribution in [2.45, 2.75) is 25.0 Å². The number of carbonyl (C=O) groups excluding carboxylic acids is 1. The molecule has 0 aliphatic carbocycles. The van der Waals surface area contributed by atoms with Gasteiger partial charge in [0, 0.05) is 52.5 Å². The van der Waals surface area contributed by atoms with Crippen LogP contribution in [-0.2, 0) is 10.8 Å². The molecule has 2 aromatic rings. The molecule has 1 atom stereocenters. The largest absolute Gasteiger partial charge is 0.324 e. The summed E-state index contributed by atoms with van der Waals surface area (Å²) in [5.74, 6) is 0.990. The van der Waals surface area contributed by atoms with Crippen molar-refractivity contribution in [2.75, 3.05) is 24.2 Å². The first kappa shape index (κ1) is 16.7. The number of amides is 2. The zero-order valence-electron chi connectivity index (χ0n) is 13.9. The molecule has 6 nitrogen and oxygen atoms in total. The van der Waals surface area contributed by atoms with Gasteiger partial charge in [-0.15, -0.1) is 0 Å². The van der Waals surface area contributed by atoms with E-state index in [-0.39, 0.29) is 10.8 Å². The number of urea groups is 1. The van der Waals surface area contributed by atoms with Crippen molar-refractivity contribution in [3.05, 3.63) is 42.7 Å². The molecule has 1 aliphatic rings. The van der Waals surface area contributed by atoms with Gasteiger partial charge in [-0.1, -0.05) is 18.2 Å². The average molecular weight is 346 g/mol. The van der Waals surface area contributed by atoms with Gasteiger partial charge >= 0.3 is 6.03 Å². The Kier molecular flexibility index (Phi) is 4.71. The summed E-state index contributed by atoms with van der Waals surface area (Å²) in [6.45, 7) is 5.07. The number of aromatic nitrogens is 2. The lowest BCUT2D eigenvalue weighted by Crippen LogP contribution is -2.37. The second-order valence-corrected chi connectivity index (χ2v) is 8.64.